The minimum atomic E-state index is 0.514. The number of aliphatic imine (C=N–C) groups is 1. The second-order valence-corrected chi connectivity index (χ2v) is 2.21. The first-order chi connectivity index (χ1) is 5.88. The van der Waals surface area contributed by atoms with Crippen molar-refractivity contribution in [2.45, 2.75) is 13.8 Å². The maximum Gasteiger partial charge on any atom is 0.217 e. The topological polar surface area (TPSA) is 34.1 Å². The van der Waals surface area contributed by atoms with Crippen LogP contribution in [0.15, 0.2) is 17.0 Å². The standard InChI is InChI=1S/C8H14N2O2/c1-3-11-8-5-6-9-7-10(8)12-4-2/h5-6H,3-4,7H2,1-2H3. The van der Waals surface area contributed by atoms with Crippen molar-refractivity contribution < 1.29 is 9.57 Å². The quantitative estimate of drug-likeness (QED) is 0.635. The van der Waals surface area contributed by atoms with Gasteiger partial charge in [0.2, 0.25) is 5.88 Å². The van der Waals surface area contributed by atoms with Crippen LogP contribution in [0.1, 0.15) is 13.8 Å². The van der Waals surface area contributed by atoms with Crippen LogP contribution < -0.4 is 0 Å². The molecule has 1 rings (SSSR count). The molecular formula is C8H14N2O2. The third-order valence-corrected chi connectivity index (χ3v) is 1.36. The fourth-order valence-corrected chi connectivity index (χ4v) is 0.919. The predicted molar refractivity (Wildman–Crippen MR) is 46.5 cm³/mol. The van der Waals surface area contributed by atoms with Gasteiger partial charge in [-0.1, -0.05) is 0 Å². The van der Waals surface area contributed by atoms with Crippen molar-refractivity contribution in [2.24, 2.45) is 4.99 Å². The molecule has 0 bridgehead atoms. The van der Waals surface area contributed by atoms with Crippen LogP contribution in [0.5, 0.6) is 0 Å². The Balaban J connectivity index is 2.50. The van der Waals surface area contributed by atoms with Crippen molar-refractivity contribution in [2.75, 3.05) is 19.9 Å². The first kappa shape index (κ1) is 9.06. The highest BCUT2D eigenvalue weighted by atomic mass is 16.7. The fraction of sp³-hybridized carbons (Fsp3) is 0.625. The molecule has 0 fully saturated rings. The van der Waals surface area contributed by atoms with E-state index in [4.69, 9.17) is 9.57 Å². The van der Waals surface area contributed by atoms with Gasteiger partial charge >= 0.3 is 0 Å². The molecule has 0 aromatic rings. The third-order valence-electron chi connectivity index (χ3n) is 1.36. The third kappa shape index (κ3) is 2.23. The molecule has 0 radical (unpaired) electrons. The summed E-state index contributed by atoms with van der Waals surface area (Å²) in [6.07, 6.45) is 3.52. The SMILES string of the molecule is CCOC1=CC=NCN1OCC. The molecule has 1 heterocycles. The summed E-state index contributed by atoms with van der Waals surface area (Å²) in [7, 11) is 0. The van der Waals surface area contributed by atoms with E-state index in [1.165, 1.54) is 0 Å². The van der Waals surface area contributed by atoms with Gasteiger partial charge in [-0.15, -0.1) is 0 Å². The Kier molecular flexibility index (Phi) is 3.60. The van der Waals surface area contributed by atoms with Crippen LogP contribution in [0.25, 0.3) is 0 Å². The maximum atomic E-state index is 5.32. The van der Waals surface area contributed by atoms with Gasteiger partial charge in [0.1, 0.15) is 6.67 Å². The normalized spacial score (nSPS) is 16.2. The van der Waals surface area contributed by atoms with E-state index in [1.54, 1.807) is 17.4 Å². The lowest BCUT2D eigenvalue weighted by atomic mass is 10.5. The number of ether oxygens (including phenoxy) is 1. The Bertz CT molecular complexity index is 189. The maximum absolute atomic E-state index is 5.32. The van der Waals surface area contributed by atoms with Crippen molar-refractivity contribution in [1.29, 1.82) is 0 Å². The summed E-state index contributed by atoms with van der Waals surface area (Å²) in [5.74, 6) is 0.731. The van der Waals surface area contributed by atoms with Crippen molar-refractivity contribution in [3.63, 3.8) is 0 Å². The molecule has 0 N–H and O–H groups in total. The molecule has 1 aliphatic heterocycles. The summed E-state index contributed by atoms with van der Waals surface area (Å²) in [6, 6.07) is 0. The highest BCUT2D eigenvalue weighted by Crippen LogP contribution is 2.09. The molecule has 0 unspecified atom stereocenters. The number of nitrogens with zero attached hydrogens (tertiary/aromatic N) is 2. The fourth-order valence-electron chi connectivity index (χ4n) is 0.919. The van der Waals surface area contributed by atoms with Crippen molar-refractivity contribution in [3.05, 3.63) is 12.0 Å². The first-order valence-electron chi connectivity index (χ1n) is 4.11. The van der Waals surface area contributed by atoms with Crippen LogP contribution in [-0.4, -0.2) is 31.2 Å². The monoisotopic (exact) mass is 170 g/mol. The van der Waals surface area contributed by atoms with Gasteiger partial charge in [-0.25, -0.2) is 0 Å². The van der Waals surface area contributed by atoms with E-state index >= 15 is 0 Å². The van der Waals surface area contributed by atoms with Gasteiger partial charge in [0.25, 0.3) is 0 Å². The zero-order valence-electron chi connectivity index (χ0n) is 7.49. The minimum Gasteiger partial charge on any atom is -0.478 e. The largest absolute Gasteiger partial charge is 0.478 e. The summed E-state index contributed by atoms with van der Waals surface area (Å²) >= 11 is 0. The van der Waals surface area contributed by atoms with Crippen molar-refractivity contribution in [3.8, 4) is 0 Å². The van der Waals surface area contributed by atoms with Crippen LogP contribution in [0, 0.1) is 0 Å². The molecular weight excluding hydrogens is 156 g/mol. The molecule has 0 atom stereocenters. The Labute approximate surface area is 72.4 Å². The lowest BCUT2D eigenvalue weighted by Gasteiger charge is -2.24. The zero-order chi connectivity index (χ0) is 8.81. The number of rotatable bonds is 4. The molecule has 4 heteroatoms. The molecule has 12 heavy (non-hydrogen) atoms. The molecule has 68 valence electrons. The van der Waals surface area contributed by atoms with E-state index < -0.39 is 0 Å². The van der Waals surface area contributed by atoms with Gasteiger partial charge in [0, 0.05) is 12.3 Å². The number of hydrogen-bond donors (Lipinski definition) is 0. The smallest absolute Gasteiger partial charge is 0.217 e. The lowest BCUT2D eigenvalue weighted by molar-refractivity contribution is -0.160. The molecule has 0 aromatic carbocycles. The van der Waals surface area contributed by atoms with Crippen molar-refractivity contribution in [1.82, 2.24) is 5.06 Å². The highest BCUT2D eigenvalue weighted by molar-refractivity contribution is 5.72. The minimum absolute atomic E-state index is 0.514. The summed E-state index contributed by atoms with van der Waals surface area (Å²) < 4.78 is 5.32. The summed E-state index contributed by atoms with van der Waals surface area (Å²) in [6.45, 7) is 5.65. The van der Waals surface area contributed by atoms with Crippen LogP contribution >= 0.6 is 0 Å². The van der Waals surface area contributed by atoms with Crippen LogP contribution in [-0.2, 0) is 9.57 Å². The Morgan fingerprint density at radius 3 is 3.00 bits per heavy atom. The van der Waals surface area contributed by atoms with E-state index in [-0.39, 0.29) is 0 Å². The Morgan fingerprint density at radius 2 is 2.33 bits per heavy atom. The van der Waals surface area contributed by atoms with E-state index in [1.807, 2.05) is 13.8 Å². The summed E-state index contributed by atoms with van der Waals surface area (Å²) in [5, 5.41) is 1.64. The molecule has 1 aliphatic rings. The van der Waals surface area contributed by atoms with E-state index in [0.29, 0.717) is 19.9 Å². The van der Waals surface area contributed by atoms with Gasteiger partial charge in [0.15, 0.2) is 0 Å². The van der Waals surface area contributed by atoms with Crippen LogP contribution in [0.2, 0.25) is 0 Å². The molecule has 0 aromatic heterocycles. The van der Waals surface area contributed by atoms with Gasteiger partial charge in [-0.2, -0.15) is 5.06 Å². The van der Waals surface area contributed by atoms with Crippen LogP contribution in [0.4, 0.5) is 0 Å². The molecule has 0 saturated heterocycles. The van der Waals surface area contributed by atoms with Gasteiger partial charge in [-0.05, 0) is 13.8 Å². The van der Waals surface area contributed by atoms with Crippen LogP contribution in [0.3, 0.4) is 0 Å². The summed E-state index contributed by atoms with van der Waals surface area (Å²) in [5.41, 5.74) is 0. The zero-order valence-corrected chi connectivity index (χ0v) is 7.49. The average Bonchev–Trinajstić information content (AvgIpc) is 2.09. The van der Waals surface area contributed by atoms with E-state index in [9.17, 15) is 0 Å². The second kappa shape index (κ2) is 4.77. The number of allylic oxidation sites excluding steroid dienone is 1. The number of hydroxylamine groups is 2. The molecule has 0 saturated carbocycles. The highest BCUT2D eigenvalue weighted by Gasteiger charge is 2.11. The Morgan fingerprint density at radius 1 is 1.50 bits per heavy atom. The summed E-state index contributed by atoms with van der Waals surface area (Å²) in [4.78, 5) is 9.30. The van der Waals surface area contributed by atoms with E-state index in [2.05, 4.69) is 4.99 Å². The molecule has 0 aliphatic carbocycles. The van der Waals surface area contributed by atoms with E-state index in [0.717, 1.165) is 5.88 Å². The van der Waals surface area contributed by atoms with Gasteiger partial charge in [-0.3, -0.25) is 9.83 Å². The lowest BCUT2D eigenvalue weighted by Crippen LogP contribution is -2.27. The first-order valence-corrected chi connectivity index (χ1v) is 4.11. The van der Waals surface area contributed by atoms with Gasteiger partial charge in [0.05, 0.1) is 13.2 Å². The second-order valence-electron chi connectivity index (χ2n) is 2.21. The predicted octanol–water partition coefficient (Wildman–Crippen LogP) is 1.16. The van der Waals surface area contributed by atoms with Gasteiger partial charge < -0.3 is 4.74 Å². The average molecular weight is 170 g/mol. The van der Waals surface area contributed by atoms with Crippen molar-refractivity contribution >= 4 is 6.21 Å². The molecule has 0 amide bonds. The molecule has 0 spiro atoms. The Hall–Kier alpha value is -1.03. The number of hydrogen-bond acceptors (Lipinski definition) is 4. The molecule has 4 nitrogen and oxygen atoms in total.